The van der Waals surface area contributed by atoms with E-state index in [1.165, 1.54) is 0 Å². The second kappa shape index (κ2) is 14.7. The summed E-state index contributed by atoms with van der Waals surface area (Å²) in [5, 5.41) is 3.46. The number of hydrogen-bond donors (Lipinski definition) is 2. The van der Waals surface area contributed by atoms with Crippen molar-refractivity contribution in [2.45, 2.75) is 32.1 Å². The van der Waals surface area contributed by atoms with Gasteiger partial charge in [0.15, 0.2) is 0 Å². The standard InChI is InChI=1S/C19H29ClN4O2.2ClH/c20-16-6-8-17(9-7-16)23-11-13-24(14-12-23)19(26)15-22-18(25)5-3-1-2-4-10-21;;/h6-9H,1-5,10-15,21H2,(H,22,25);2*1H. The minimum Gasteiger partial charge on any atom is -0.368 e. The Labute approximate surface area is 185 Å². The zero-order chi connectivity index (χ0) is 18.8. The van der Waals surface area contributed by atoms with E-state index in [4.69, 9.17) is 17.3 Å². The SMILES string of the molecule is Cl.Cl.NCCCCCCC(=O)NCC(=O)N1CCN(c2ccc(Cl)cc2)CC1. The van der Waals surface area contributed by atoms with Crippen molar-refractivity contribution in [3.8, 4) is 0 Å². The number of carbonyl (C=O) groups excluding carboxylic acids is 2. The summed E-state index contributed by atoms with van der Waals surface area (Å²) in [6.07, 6.45) is 4.38. The van der Waals surface area contributed by atoms with E-state index in [2.05, 4.69) is 10.2 Å². The van der Waals surface area contributed by atoms with Crippen molar-refractivity contribution in [2.24, 2.45) is 5.73 Å². The topological polar surface area (TPSA) is 78.7 Å². The van der Waals surface area contributed by atoms with Crippen LogP contribution in [0.4, 0.5) is 5.69 Å². The summed E-state index contributed by atoms with van der Waals surface area (Å²) in [6.45, 7) is 3.67. The van der Waals surface area contributed by atoms with Gasteiger partial charge in [0, 0.05) is 43.3 Å². The zero-order valence-corrected chi connectivity index (χ0v) is 18.5. The number of benzene rings is 1. The number of halogens is 3. The first-order chi connectivity index (χ1) is 12.6. The molecular weight excluding hydrogens is 423 g/mol. The number of rotatable bonds is 9. The van der Waals surface area contributed by atoms with Gasteiger partial charge in [0.25, 0.3) is 0 Å². The maximum Gasteiger partial charge on any atom is 0.242 e. The van der Waals surface area contributed by atoms with E-state index in [9.17, 15) is 9.59 Å². The van der Waals surface area contributed by atoms with Crippen molar-refractivity contribution in [2.75, 3.05) is 44.2 Å². The Bertz CT molecular complexity index is 579. The quantitative estimate of drug-likeness (QED) is 0.564. The number of unbranched alkanes of at least 4 members (excludes halogenated alkanes) is 3. The maximum atomic E-state index is 12.3. The van der Waals surface area contributed by atoms with Gasteiger partial charge in [-0.05, 0) is 43.7 Å². The van der Waals surface area contributed by atoms with Crippen LogP contribution >= 0.6 is 36.4 Å². The number of carbonyl (C=O) groups is 2. The smallest absolute Gasteiger partial charge is 0.242 e. The third-order valence-corrected chi connectivity index (χ3v) is 4.87. The number of nitrogens with two attached hydrogens (primary N) is 1. The minimum absolute atomic E-state index is 0. The molecule has 0 atom stereocenters. The molecule has 1 aromatic rings. The Morgan fingerprint density at radius 1 is 0.964 bits per heavy atom. The summed E-state index contributed by atoms with van der Waals surface area (Å²) in [5.41, 5.74) is 6.56. The van der Waals surface area contributed by atoms with Crippen molar-refractivity contribution in [3.63, 3.8) is 0 Å². The van der Waals surface area contributed by atoms with Crippen LogP contribution in [0.15, 0.2) is 24.3 Å². The summed E-state index contributed by atoms with van der Waals surface area (Å²) < 4.78 is 0. The van der Waals surface area contributed by atoms with E-state index in [0.29, 0.717) is 26.1 Å². The molecule has 3 N–H and O–H groups in total. The number of hydrogen-bond acceptors (Lipinski definition) is 4. The zero-order valence-electron chi connectivity index (χ0n) is 16.1. The fourth-order valence-corrected chi connectivity index (χ4v) is 3.15. The lowest BCUT2D eigenvalue weighted by atomic mass is 10.1. The molecule has 0 aromatic heterocycles. The first kappa shape index (κ1) is 26.8. The molecule has 1 heterocycles. The van der Waals surface area contributed by atoms with Gasteiger partial charge in [-0.1, -0.05) is 24.4 Å². The fourth-order valence-electron chi connectivity index (χ4n) is 3.02. The monoisotopic (exact) mass is 452 g/mol. The number of anilines is 1. The molecule has 9 heteroatoms. The van der Waals surface area contributed by atoms with Gasteiger partial charge in [-0.15, -0.1) is 24.8 Å². The Balaban J connectivity index is 0.00000364. The van der Waals surface area contributed by atoms with Crippen LogP contribution in [0.2, 0.25) is 5.02 Å². The molecule has 0 bridgehead atoms. The lowest BCUT2D eigenvalue weighted by Gasteiger charge is -2.36. The second-order valence-electron chi connectivity index (χ2n) is 6.57. The summed E-state index contributed by atoms with van der Waals surface area (Å²) in [5.74, 6) is -0.0665. The van der Waals surface area contributed by atoms with Crippen LogP contribution in [0, 0.1) is 0 Å². The number of nitrogens with zero attached hydrogens (tertiary/aromatic N) is 2. The highest BCUT2D eigenvalue weighted by atomic mass is 35.5. The Morgan fingerprint density at radius 2 is 1.57 bits per heavy atom. The Hall–Kier alpha value is -1.21. The van der Waals surface area contributed by atoms with Gasteiger partial charge in [-0.25, -0.2) is 0 Å². The molecule has 1 saturated heterocycles. The van der Waals surface area contributed by atoms with E-state index >= 15 is 0 Å². The molecule has 0 saturated carbocycles. The second-order valence-corrected chi connectivity index (χ2v) is 7.01. The highest BCUT2D eigenvalue weighted by Gasteiger charge is 2.21. The molecule has 1 aliphatic rings. The predicted molar refractivity (Wildman–Crippen MR) is 120 cm³/mol. The van der Waals surface area contributed by atoms with Crippen LogP contribution in [0.25, 0.3) is 0 Å². The Kier molecular flexibility index (Phi) is 14.1. The van der Waals surface area contributed by atoms with Gasteiger partial charge in [0.05, 0.1) is 6.54 Å². The largest absolute Gasteiger partial charge is 0.368 e. The highest BCUT2D eigenvalue weighted by Crippen LogP contribution is 2.19. The van der Waals surface area contributed by atoms with Gasteiger partial charge in [0.2, 0.25) is 11.8 Å². The molecule has 28 heavy (non-hydrogen) atoms. The molecule has 0 spiro atoms. The van der Waals surface area contributed by atoms with Crippen molar-refractivity contribution < 1.29 is 9.59 Å². The van der Waals surface area contributed by atoms with E-state index in [1.54, 1.807) is 0 Å². The van der Waals surface area contributed by atoms with Crippen LogP contribution in [-0.2, 0) is 9.59 Å². The highest BCUT2D eigenvalue weighted by molar-refractivity contribution is 6.30. The van der Waals surface area contributed by atoms with Crippen LogP contribution in [0.3, 0.4) is 0 Å². The molecule has 2 rings (SSSR count). The molecule has 160 valence electrons. The van der Waals surface area contributed by atoms with Crippen LogP contribution in [0.5, 0.6) is 0 Å². The lowest BCUT2D eigenvalue weighted by molar-refractivity contribution is -0.133. The number of amides is 2. The summed E-state index contributed by atoms with van der Waals surface area (Å²) in [6, 6.07) is 7.74. The van der Waals surface area contributed by atoms with Crippen molar-refractivity contribution in [3.05, 3.63) is 29.3 Å². The van der Waals surface area contributed by atoms with Gasteiger partial charge in [-0.3, -0.25) is 9.59 Å². The minimum atomic E-state index is -0.0501. The van der Waals surface area contributed by atoms with Crippen molar-refractivity contribution in [1.29, 1.82) is 0 Å². The van der Waals surface area contributed by atoms with E-state index in [1.807, 2.05) is 29.2 Å². The first-order valence-electron chi connectivity index (χ1n) is 9.35. The van der Waals surface area contributed by atoms with Crippen LogP contribution < -0.4 is 16.0 Å². The first-order valence-corrected chi connectivity index (χ1v) is 9.73. The summed E-state index contributed by atoms with van der Waals surface area (Å²) >= 11 is 5.92. The van der Waals surface area contributed by atoms with E-state index in [0.717, 1.165) is 49.5 Å². The van der Waals surface area contributed by atoms with Gasteiger partial charge < -0.3 is 20.9 Å². The summed E-state index contributed by atoms with van der Waals surface area (Å²) in [4.78, 5) is 28.1. The molecule has 6 nitrogen and oxygen atoms in total. The molecule has 1 aromatic carbocycles. The molecule has 0 radical (unpaired) electrons. The van der Waals surface area contributed by atoms with E-state index < -0.39 is 0 Å². The normalized spacial score (nSPS) is 13.4. The van der Waals surface area contributed by atoms with E-state index in [-0.39, 0.29) is 43.2 Å². The fraction of sp³-hybridized carbons (Fsp3) is 0.579. The number of nitrogens with one attached hydrogen (secondary N) is 1. The summed E-state index contributed by atoms with van der Waals surface area (Å²) in [7, 11) is 0. The third-order valence-electron chi connectivity index (χ3n) is 4.62. The molecule has 2 amide bonds. The van der Waals surface area contributed by atoms with Gasteiger partial charge in [-0.2, -0.15) is 0 Å². The van der Waals surface area contributed by atoms with Crippen LogP contribution in [0.1, 0.15) is 32.1 Å². The maximum absolute atomic E-state index is 12.3. The third kappa shape index (κ3) is 9.32. The molecule has 0 unspecified atom stereocenters. The van der Waals surface area contributed by atoms with Gasteiger partial charge in [0.1, 0.15) is 0 Å². The Morgan fingerprint density at radius 3 is 2.18 bits per heavy atom. The molecule has 1 aliphatic heterocycles. The van der Waals surface area contributed by atoms with Crippen LogP contribution in [-0.4, -0.2) is 56.0 Å². The number of piperazine rings is 1. The van der Waals surface area contributed by atoms with Crippen molar-refractivity contribution in [1.82, 2.24) is 10.2 Å². The lowest BCUT2D eigenvalue weighted by Crippen LogP contribution is -2.51. The molecule has 1 fully saturated rings. The van der Waals surface area contributed by atoms with Gasteiger partial charge >= 0.3 is 0 Å². The molecule has 0 aliphatic carbocycles. The van der Waals surface area contributed by atoms with Crippen molar-refractivity contribution >= 4 is 53.9 Å². The average Bonchev–Trinajstić information content (AvgIpc) is 2.66. The molecular formula is C19H31Cl3N4O2. The average molecular weight is 454 g/mol. The predicted octanol–water partition coefficient (Wildman–Crippen LogP) is 2.86.